The molecule has 1 aliphatic rings. The highest BCUT2D eigenvalue weighted by molar-refractivity contribution is 7.87. The van der Waals surface area contributed by atoms with E-state index in [0.29, 0.717) is 16.6 Å². The number of carboxylic acids is 1. The Bertz CT molecular complexity index is 941. The van der Waals surface area contributed by atoms with Gasteiger partial charge in [0, 0.05) is 7.05 Å². The van der Waals surface area contributed by atoms with Gasteiger partial charge in [0.05, 0.1) is 18.7 Å². The number of hydrogen-bond acceptors (Lipinski definition) is 7. The van der Waals surface area contributed by atoms with E-state index in [2.05, 4.69) is 5.10 Å². The van der Waals surface area contributed by atoms with Crippen LogP contribution in [0.25, 0.3) is 0 Å². The van der Waals surface area contributed by atoms with Crippen molar-refractivity contribution in [1.29, 1.82) is 0 Å². The summed E-state index contributed by atoms with van der Waals surface area (Å²) in [6, 6.07) is 4.10. The van der Waals surface area contributed by atoms with Gasteiger partial charge in [-0.25, -0.2) is 0 Å². The van der Waals surface area contributed by atoms with Crippen LogP contribution in [0.5, 0.6) is 5.75 Å². The highest BCUT2D eigenvalue weighted by Gasteiger charge is 2.38. The summed E-state index contributed by atoms with van der Waals surface area (Å²) >= 11 is 0. The van der Waals surface area contributed by atoms with E-state index in [1.54, 1.807) is 6.92 Å². The second-order valence-corrected chi connectivity index (χ2v) is 7.14. The number of aromatic nitrogens is 2. The summed E-state index contributed by atoms with van der Waals surface area (Å²) in [6.45, 7) is 1.67. The zero-order valence-corrected chi connectivity index (χ0v) is 14.2. The van der Waals surface area contributed by atoms with Crippen molar-refractivity contribution in [3.63, 3.8) is 0 Å². The van der Waals surface area contributed by atoms with Crippen molar-refractivity contribution >= 4 is 28.7 Å². The average molecular weight is 366 g/mol. The van der Waals surface area contributed by atoms with Crippen LogP contribution < -0.4 is 9.65 Å². The first-order valence-corrected chi connectivity index (χ1v) is 8.72. The molecule has 2 heterocycles. The maximum atomic E-state index is 12.3. The van der Waals surface area contributed by atoms with Gasteiger partial charge in [0.25, 0.3) is 0 Å². The van der Waals surface area contributed by atoms with Crippen LogP contribution in [0.15, 0.2) is 29.4 Å². The maximum absolute atomic E-state index is 12.3. The molecule has 2 aromatic rings. The highest BCUT2D eigenvalue weighted by Crippen LogP contribution is 2.32. The van der Waals surface area contributed by atoms with Gasteiger partial charge in [-0.1, -0.05) is 0 Å². The molecular formula is C14H15BN2O7S. The molecule has 132 valence electrons. The Morgan fingerprint density at radius 2 is 2.20 bits per heavy atom. The Labute approximate surface area is 144 Å². The van der Waals surface area contributed by atoms with E-state index < -0.39 is 29.3 Å². The molecule has 2 N–H and O–H groups in total. The van der Waals surface area contributed by atoms with E-state index in [0.717, 1.165) is 4.68 Å². The molecular weight excluding hydrogens is 351 g/mol. The Morgan fingerprint density at radius 1 is 1.48 bits per heavy atom. The van der Waals surface area contributed by atoms with E-state index in [4.69, 9.17) is 13.9 Å². The number of aliphatic carboxylic acids is 1. The van der Waals surface area contributed by atoms with Crippen molar-refractivity contribution in [3.8, 4) is 5.75 Å². The molecule has 1 aliphatic heterocycles. The molecule has 1 atom stereocenters. The third-order valence-electron chi connectivity index (χ3n) is 3.87. The normalized spacial score (nSPS) is 16.8. The first-order chi connectivity index (χ1) is 11.7. The summed E-state index contributed by atoms with van der Waals surface area (Å²) in [5.74, 6) is -1.07. The van der Waals surface area contributed by atoms with Crippen LogP contribution >= 0.6 is 0 Å². The SMILES string of the molecule is Cc1cc(OS(=O)(=O)c2ccnn2C)cc2c1C(CC(=O)O)OB2O. The summed E-state index contributed by atoms with van der Waals surface area (Å²) in [5, 5.41) is 22.6. The number of fused-ring (bicyclic) bond motifs is 1. The van der Waals surface area contributed by atoms with Crippen LogP contribution in [0.3, 0.4) is 0 Å². The Morgan fingerprint density at radius 3 is 2.80 bits per heavy atom. The fourth-order valence-corrected chi connectivity index (χ4v) is 3.90. The Kier molecular flexibility index (Phi) is 4.31. The van der Waals surface area contributed by atoms with Gasteiger partial charge in [0.1, 0.15) is 5.75 Å². The van der Waals surface area contributed by atoms with Crippen molar-refractivity contribution in [2.45, 2.75) is 24.5 Å². The minimum absolute atomic E-state index is 0.00363. The second-order valence-electron chi connectivity index (χ2n) is 5.65. The van der Waals surface area contributed by atoms with Gasteiger partial charge in [-0.2, -0.15) is 13.5 Å². The molecule has 0 bridgehead atoms. The lowest BCUT2D eigenvalue weighted by Gasteiger charge is -2.13. The maximum Gasteiger partial charge on any atom is 0.492 e. The molecule has 0 fully saturated rings. The molecule has 9 nitrogen and oxygen atoms in total. The monoisotopic (exact) mass is 366 g/mol. The third kappa shape index (κ3) is 3.25. The molecule has 0 radical (unpaired) electrons. The fourth-order valence-electron chi connectivity index (χ4n) is 2.87. The van der Waals surface area contributed by atoms with E-state index in [9.17, 15) is 18.2 Å². The van der Waals surface area contributed by atoms with Gasteiger partial charge < -0.3 is 19.0 Å². The molecule has 0 amide bonds. The lowest BCUT2D eigenvalue weighted by atomic mass is 9.77. The number of carboxylic acid groups (broad SMARTS) is 1. The van der Waals surface area contributed by atoms with Crippen LogP contribution in [0.1, 0.15) is 23.7 Å². The van der Waals surface area contributed by atoms with Crippen molar-refractivity contribution < 1.29 is 32.2 Å². The van der Waals surface area contributed by atoms with Gasteiger partial charge in [0.15, 0.2) is 5.03 Å². The van der Waals surface area contributed by atoms with Gasteiger partial charge in [-0.15, -0.1) is 0 Å². The number of aryl methyl sites for hydroxylation is 2. The van der Waals surface area contributed by atoms with E-state index in [1.165, 1.54) is 31.4 Å². The first kappa shape index (κ1) is 17.5. The Hall–Kier alpha value is -2.37. The summed E-state index contributed by atoms with van der Waals surface area (Å²) in [6.07, 6.45) is 0.224. The topological polar surface area (TPSA) is 128 Å². The van der Waals surface area contributed by atoms with Gasteiger partial charge in [-0.05, 0) is 41.7 Å². The van der Waals surface area contributed by atoms with Crippen LogP contribution in [-0.4, -0.2) is 41.4 Å². The van der Waals surface area contributed by atoms with Crippen LogP contribution in [0.4, 0.5) is 0 Å². The first-order valence-electron chi connectivity index (χ1n) is 7.31. The van der Waals surface area contributed by atoms with Crippen molar-refractivity contribution in [2.75, 3.05) is 0 Å². The predicted octanol–water partition coefficient (Wildman–Crippen LogP) is -0.270. The summed E-state index contributed by atoms with van der Waals surface area (Å²) in [5.41, 5.74) is 1.39. The average Bonchev–Trinajstić information content (AvgIpc) is 3.03. The van der Waals surface area contributed by atoms with E-state index in [-0.39, 0.29) is 17.2 Å². The van der Waals surface area contributed by atoms with Crippen LogP contribution in [-0.2, 0) is 26.6 Å². The number of carbonyl (C=O) groups is 1. The molecule has 1 aromatic heterocycles. The lowest BCUT2D eigenvalue weighted by molar-refractivity contribution is -0.138. The summed E-state index contributed by atoms with van der Waals surface area (Å²) in [4.78, 5) is 10.9. The summed E-state index contributed by atoms with van der Waals surface area (Å²) < 4.78 is 36.2. The Balaban J connectivity index is 1.96. The van der Waals surface area contributed by atoms with E-state index >= 15 is 0 Å². The molecule has 11 heteroatoms. The molecule has 0 spiro atoms. The largest absolute Gasteiger partial charge is 0.492 e. The highest BCUT2D eigenvalue weighted by atomic mass is 32.2. The zero-order valence-electron chi connectivity index (χ0n) is 13.4. The number of hydrogen-bond donors (Lipinski definition) is 2. The van der Waals surface area contributed by atoms with Crippen LogP contribution in [0, 0.1) is 6.92 Å². The quantitative estimate of drug-likeness (QED) is 0.547. The smallest absolute Gasteiger partial charge is 0.481 e. The fraction of sp³-hybridized carbons (Fsp3) is 0.286. The van der Waals surface area contributed by atoms with Gasteiger partial charge in [0.2, 0.25) is 0 Å². The van der Waals surface area contributed by atoms with Crippen LogP contribution in [0.2, 0.25) is 0 Å². The number of nitrogens with zero attached hydrogens (tertiary/aromatic N) is 2. The lowest BCUT2D eigenvalue weighted by Crippen LogP contribution is -2.28. The second kappa shape index (κ2) is 6.17. The molecule has 0 aliphatic carbocycles. The molecule has 25 heavy (non-hydrogen) atoms. The summed E-state index contributed by atoms with van der Waals surface area (Å²) in [7, 11) is -3.98. The third-order valence-corrected chi connectivity index (χ3v) is 5.20. The molecule has 1 aromatic carbocycles. The standard InChI is InChI=1S/C14H15BN2O7S/c1-8-5-9(24-25(21,22)12-3-4-16-17(12)2)6-10-14(8)11(7-13(18)19)23-15(10)20/h3-6,11,20H,7H2,1-2H3,(H,18,19). The van der Waals surface area contributed by atoms with Gasteiger partial charge in [-0.3, -0.25) is 9.48 Å². The number of rotatable bonds is 5. The van der Waals surface area contributed by atoms with E-state index in [1.807, 2.05) is 0 Å². The van der Waals surface area contributed by atoms with Gasteiger partial charge >= 0.3 is 23.2 Å². The minimum Gasteiger partial charge on any atom is -0.481 e. The minimum atomic E-state index is -4.10. The number of benzene rings is 1. The molecule has 0 saturated heterocycles. The predicted molar refractivity (Wildman–Crippen MR) is 85.9 cm³/mol. The zero-order chi connectivity index (χ0) is 18.4. The molecule has 3 rings (SSSR count). The molecule has 1 unspecified atom stereocenters. The molecule has 0 saturated carbocycles. The van der Waals surface area contributed by atoms with Crippen molar-refractivity contribution in [1.82, 2.24) is 9.78 Å². The van der Waals surface area contributed by atoms with Crippen molar-refractivity contribution in [2.24, 2.45) is 7.05 Å². The van der Waals surface area contributed by atoms with Crippen molar-refractivity contribution in [3.05, 3.63) is 35.5 Å².